The van der Waals surface area contributed by atoms with E-state index in [1.165, 1.54) is 0 Å². The van der Waals surface area contributed by atoms with Gasteiger partial charge >= 0.3 is 0 Å². The summed E-state index contributed by atoms with van der Waals surface area (Å²) in [6.07, 6.45) is 0. The molecule has 0 atom stereocenters. The zero-order valence-corrected chi connectivity index (χ0v) is 6.07. The minimum absolute atomic E-state index is 0. The third-order valence-electron chi connectivity index (χ3n) is 1.15. The van der Waals surface area contributed by atoms with Gasteiger partial charge in [-0.2, -0.15) is 0 Å². The number of nitrogens with one attached hydrogen (secondary N) is 1. The highest BCUT2D eigenvalue weighted by Crippen LogP contribution is 1.76. The Hall–Kier alpha value is 0.137. The Bertz CT molecular complexity index is 46.3. The lowest BCUT2D eigenvalue weighted by Crippen LogP contribution is -2.37. The van der Waals surface area contributed by atoms with E-state index < -0.39 is 0 Å². The Labute approximate surface area is 62.6 Å². The van der Waals surface area contributed by atoms with E-state index in [1.807, 2.05) is 0 Å². The van der Waals surface area contributed by atoms with E-state index in [0.29, 0.717) is 0 Å². The molecule has 0 amide bonds. The van der Waals surface area contributed by atoms with Crippen molar-refractivity contribution >= 4 is 11.0 Å². The van der Waals surface area contributed by atoms with Gasteiger partial charge in [-0.25, -0.2) is 5.01 Å². The highest BCUT2D eigenvalue weighted by molar-refractivity contribution is 5.75. The largest absolute Gasteiger partial charge is 0.255 e. The Morgan fingerprint density at radius 1 is 1.11 bits per heavy atom. The second-order valence-corrected chi connectivity index (χ2v) is 1.68. The van der Waals surface area contributed by atoms with Gasteiger partial charge in [0.25, 0.3) is 0 Å². The summed E-state index contributed by atoms with van der Waals surface area (Å²) in [6.45, 7) is 9.60. The summed E-state index contributed by atoms with van der Waals surface area (Å²) in [7, 11) is 0. The van der Waals surface area contributed by atoms with Gasteiger partial charge < -0.3 is 0 Å². The average molecular weight is 148 g/mol. The maximum absolute atomic E-state index is 3.22. The van der Waals surface area contributed by atoms with Crippen LogP contribution >= 0.6 is 0 Å². The van der Waals surface area contributed by atoms with E-state index in [2.05, 4.69) is 31.2 Å². The van der Waals surface area contributed by atoms with E-state index in [4.69, 9.17) is 0 Å². The third-order valence-corrected chi connectivity index (χ3v) is 1.15. The fourth-order valence-electron chi connectivity index (χ4n) is 0.671. The van der Waals surface area contributed by atoms with Crippen molar-refractivity contribution in [3.8, 4) is 0 Å². The molecule has 0 saturated heterocycles. The Kier molecular flexibility index (Phi) is 10.7. The minimum atomic E-state index is 0. The van der Waals surface area contributed by atoms with E-state index in [-0.39, 0.29) is 11.0 Å². The van der Waals surface area contributed by atoms with Crippen molar-refractivity contribution in [1.82, 2.24) is 10.4 Å². The molecule has 0 rings (SSSR count). The lowest BCUT2D eigenvalue weighted by Gasteiger charge is -2.17. The first-order valence-electron chi connectivity index (χ1n) is 3.33. The van der Waals surface area contributed by atoms with Crippen LogP contribution < -0.4 is 5.43 Å². The molecule has 0 fully saturated rings. The molecule has 0 aromatic rings. The van der Waals surface area contributed by atoms with Gasteiger partial charge in [-0.15, -0.1) is 0 Å². The van der Waals surface area contributed by atoms with Crippen LogP contribution in [-0.2, 0) is 0 Å². The number of hydrogen-bond acceptors (Lipinski definition) is 2. The lowest BCUT2D eigenvalue weighted by molar-refractivity contribution is 0.215. The second-order valence-electron chi connectivity index (χ2n) is 1.68. The van der Waals surface area contributed by atoms with Gasteiger partial charge in [0.05, 0.1) is 0 Å². The van der Waals surface area contributed by atoms with Crippen molar-refractivity contribution in [2.75, 3.05) is 19.6 Å². The van der Waals surface area contributed by atoms with Crippen LogP contribution in [0.25, 0.3) is 0 Å². The van der Waals surface area contributed by atoms with E-state index in [9.17, 15) is 0 Å². The molecule has 0 heterocycles. The predicted octanol–water partition coefficient (Wildman–Crippen LogP) is -0.599. The average Bonchev–Trinajstić information content (AvgIpc) is 1.83. The van der Waals surface area contributed by atoms with Crippen LogP contribution in [0.2, 0.25) is 0 Å². The number of hydrazine groups is 1. The molecule has 0 radical (unpaired) electrons. The highest BCUT2D eigenvalue weighted by Gasteiger charge is 1.91. The SMILES string of the molecule is CCNN(CC)CC.[SiH4]. The monoisotopic (exact) mass is 148 g/mol. The molecular formula is C6H20N2Si. The van der Waals surface area contributed by atoms with Crippen LogP contribution in [0.1, 0.15) is 20.8 Å². The molecule has 0 saturated carbocycles. The first-order chi connectivity index (χ1) is 3.85. The maximum atomic E-state index is 3.22. The fourth-order valence-corrected chi connectivity index (χ4v) is 0.671. The van der Waals surface area contributed by atoms with Crippen molar-refractivity contribution in [3.05, 3.63) is 0 Å². The van der Waals surface area contributed by atoms with Crippen LogP contribution in [0.5, 0.6) is 0 Å². The standard InChI is InChI=1S/C6H16N2.H4Si/c1-4-7-8(5-2)6-3;/h7H,4-6H2,1-3H3;1H4. The summed E-state index contributed by atoms with van der Waals surface area (Å²) in [5.41, 5.74) is 3.22. The van der Waals surface area contributed by atoms with Gasteiger partial charge in [0, 0.05) is 19.6 Å². The fraction of sp³-hybridized carbons (Fsp3) is 1.00. The Morgan fingerprint density at radius 2 is 1.56 bits per heavy atom. The van der Waals surface area contributed by atoms with Crippen LogP contribution in [0.3, 0.4) is 0 Å². The van der Waals surface area contributed by atoms with Gasteiger partial charge in [0.1, 0.15) is 0 Å². The summed E-state index contributed by atoms with van der Waals surface area (Å²) < 4.78 is 0. The van der Waals surface area contributed by atoms with Gasteiger partial charge in [0.15, 0.2) is 0 Å². The zero-order chi connectivity index (χ0) is 6.41. The maximum Gasteiger partial charge on any atom is 0.0102 e. The molecule has 3 heteroatoms. The highest BCUT2D eigenvalue weighted by atomic mass is 28.1. The van der Waals surface area contributed by atoms with Gasteiger partial charge in [-0.05, 0) is 11.0 Å². The summed E-state index contributed by atoms with van der Waals surface area (Å²) in [5.74, 6) is 0. The Balaban J connectivity index is 0. The second kappa shape index (κ2) is 8.14. The molecule has 0 aliphatic heterocycles. The van der Waals surface area contributed by atoms with E-state index in [1.54, 1.807) is 0 Å². The molecule has 0 aliphatic rings. The van der Waals surface area contributed by atoms with E-state index in [0.717, 1.165) is 19.6 Å². The zero-order valence-electron chi connectivity index (χ0n) is 6.07. The van der Waals surface area contributed by atoms with Gasteiger partial charge in [-0.1, -0.05) is 20.8 Å². The normalized spacial score (nSPS) is 9.33. The van der Waals surface area contributed by atoms with Crippen molar-refractivity contribution in [1.29, 1.82) is 0 Å². The smallest absolute Gasteiger partial charge is 0.0102 e. The molecule has 1 N–H and O–H groups in total. The van der Waals surface area contributed by atoms with Crippen molar-refractivity contribution in [2.45, 2.75) is 20.8 Å². The first-order valence-corrected chi connectivity index (χ1v) is 3.33. The van der Waals surface area contributed by atoms with E-state index >= 15 is 0 Å². The molecule has 0 bridgehead atoms. The molecule has 9 heavy (non-hydrogen) atoms. The van der Waals surface area contributed by atoms with Crippen LogP contribution in [0, 0.1) is 0 Å². The topological polar surface area (TPSA) is 15.3 Å². The summed E-state index contributed by atoms with van der Waals surface area (Å²) in [4.78, 5) is 0. The molecule has 0 spiro atoms. The molecule has 0 aromatic carbocycles. The Morgan fingerprint density at radius 3 is 1.67 bits per heavy atom. The van der Waals surface area contributed by atoms with Crippen LogP contribution in [0.15, 0.2) is 0 Å². The quantitative estimate of drug-likeness (QED) is 0.423. The molecule has 2 nitrogen and oxygen atoms in total. The van der Waals surface area contributed by atoms with Crippen molar-refractivity contribution in [3.63, 3.8) is 0 Å². The number of rotatable bonds is 4. The predicted molar refractivity (Wildman–Crippen MR) is 47.9 cm³/mol. The van der Waals surface area contributed by atoms with Crippen molar-refractivity contribution in [2.24, 2.45) is 0 Å². The molecule has 0 aliphatic carbocycles. The van der Waals surface area contributed by atoms with Crippen LogP contribution in [0.4, 0.5) is 0 Å². The van der Waals surface area contributed by atoms with Crippen molar-refractivity contribution < 1.29 is 0 Å². The van der Waals surface area contributed by atoms with Crippen LogP contribution in [-0.4, -0.2) is 35.6 Å². The molecular weight excluding hydrogens is 128 g/mol. The lowest BCUT2D eigenvalue weighted by atomic mass is 10.6. The van der Waals surface area contributed by atoms with Gasteiger partial charge in [-0.3, -0.25) is 5.43 Å². The third kappa shape index (κ3) is 6.02. The molecule has 58 valence electrons. The van der Waals surface area contributed by atoms with Gasteiger partial charge in [0.2, 0.25) is 0 Å². The molecule has 0 aromatic heterocycles. The summed E-state index contributed by atoms with van der Waals surface area (Å²) in [6, 6.07) is 0. The number of nitrogens with zero attached hydrogens (tertiary/aromatic N) is 1. The molecule has 0 unspecified atom stereocenters. The first kappa shape index (κ1) is 11.9. The minimum Gasteiger partial charge on any atom is -0.255 e. The number of hydrogen-bond donors (Lipinski definition) is 1. The summed E-state index contributed by atoms with van der Waals surface area (Å²) >= 11 is 0. The summed E-state index contributed by atoms with van der Waals surface area (Å²) in [5, 5.41) is 2.18.